The van der Waals surface area contributed by atoms with Crippen LogP contribution in [0.2, 0.25) is 0 Å². The van der Waals surface area contributed by atoms with Gasteiger partial charge in [-0.3, -0.25) is 4.79 Å². The van der Waals surface area contributed by atoms with Crippen molar-refractivity contribution < 1.29 is 23.1 Å². The molecule has 1 atom stereocenters. The van der Waals surface area contributed by atoms with Crippen LogP contribution < -0.4 is 5.32 Å². The second-order valence-corrected chi connectivity index (χ2v) is 5.94. The summed E-state index contributed by atoms with van der Waals surface area (Å²) in [7, 11) is 0. The minimum Gasteiger partial charge on any atom is -0.449 e. The molecule has 0 fully saturated rings. The van der Waals surface area contributed by atoms with E-state index in [9.17, 15) is 18.4 Å². The maximum Gasteiger partial charge on any atom is 0.341 e. The monoisotopic (exact) mass is 347 g/mol. The molecule has 0 radical (unpaired) electrons. The van der Waals surface area contributed by atoms with E-state index in [1.165, 1.54) is 6.92 Å². The minimum absolute atomic E-state index is 0.371. The summed E-state index contributed by atoms with van der Waals surface area (Å²) >= 11 is 0. The standard InChI is InChI=1S/C19H19F2NO3/c1-11(2)13-4-7-15(8-5-13)22-18(23)12(3)25-19(24)16-9-6-14(20)10-17(16)21/h4-12H,1-3H3,(H,22,23)/t12-/m0/s1. The first kappa shape index (κ1) is 18.6. The third-order valence-corrected chi connectivity index (χ3v) is 3.65. The van der Waals surface area contributed by atoms with E-state index in [2.05, 4.69) is 19.2 Å². The molecule has 132 valence electrons. The average Bonchev–Trinajstić information content (AvgIpc) is 2.55. The van der Waals surface area contributed by atoms with Crippen molar-refractivity contribution in [3.05, 3.63) is 65.2 Å². The van der Waals surface area contributed by atoms with E-state index in [1.54, 1.807) is 12.1 Å². The summed E-state index contributed by atoms with van der Waals surface area (Å²) in [5.41, 5.74) is 1.26. The first-order valence-corrected chi connectivity index (χ1v) is 7.84. The SMILES string of the molecule is CC(C)c1ccc(NC(=O)[C@H](C)OC(=O)c2ccc(F)cc2F)cc1. The molecule has 0 aliphatic heterocycles. The number of benzene rings is 2. The van der Waals surface area contributed by atoms with Gasteiger partial charge in [-0.15, -0.1) is 0 Å². The van der Waals surface area contributed by atoms with Gasteiger partial charge >= 0.3 is 5.97 Å². The molecular formula is C19H19F2NO3. The van der Waals surface area contributed by atoms with E-state index >= 15 is 0 Å². The number of anilines is 1. The topological polar surface area (TPSA) is 55.4 Å². The summed E-state index contributed by atoms with van der Waals surface area (Å²) in [5, 5.41) is 2.62. The van der Waals surface area contributed by atoms with Gasteiger partial charge in [0.15, 0.2) is 6.10 Å². The summed E-state index contributed by atoms with van der Waals surface area (Å²) in [6, 6.07) is 9.79. The smallest absolute Gasteiger partial charge is 0.341 e. The van der Waals surface area contributed by atoms with E-state index < -0.39 is 35.2 Å². The number of hydrogen-bond acceptors (Lipinski definition) is 3. The molecule has 0 unspecified atom stereocenters. The minimum atomic E-state index is -1.14. The Labute approximate surface area is 144 Å². The fourth-order valence-corrected chi connectivity index (χ4v) is 2.13. The Bertz CT molecular complexity index is 773. The Morgan fingerprint density at radius 3 is 2.20 bits per heavy atom. The number of carbonyl (C=O) groups is 2. The maximum absolute atomic E-state index is 13.6. The van der Waals surface area contributed by atoms with Crippen molar-refractivity contribution in [2.45, 2.75) is 32.8 Å². The molecule has 25 heavy (non-hydrogen) atoms. The average molecular weight is 347 g/mol. The lowest BCUT2D eigenvalue weighted by molar-refractivity contribution is -0.123. The predicted octanol–water partition coefficient (Wildman–Crippen LogP) is 4.27. The van der Waals surface area contributed by atoms with Crippen LogP contribution in [-0.4, -0.2) is 18.0 Å². The lowest BCUT2D eigenvalue weighted by Gasteiger charge is -2.14. The zero-order chi connectivity index (χ0) is 18.6. The highest BCUT2D eigenvalue weighted by Gasteiger charge is 2.21. The Kier molecular flexibility index (Phi) is 5.85. The van der Waals surface area contributed by atoms with E-state index in [-0.39, 0.29) is 0 Å². The molecular weight excluding hydrogens is 328 g/mol. The van der Waals surface area contributed by atoms with Crippen LogP contribution in [0.5, 0.6) is 0 Å². The number of hydrogen-bond donors (Lipinski definition) is 1. The van der Waals surface area contributed by atoms with Crippen LogP contribution in [-0.2, 0) is 9.53 Å². The molecule has 0 saturated heterocycles. The van der Waals surface area contributed by atoms with Crippen molar-refractivity contribution in [1.82, 2.24) is 0 Å². The highest BCUT2D eigenvalue weighted by molar-refractivity contribution is 5.97. The van der Waals surface area contributed by atoms with Gasteiger partial charge in [-0.2, -0.15) is 0 Å². The molecule has 0 bridgehead atoms. The van der Waals surface area contributed by atoms with Crippen LogP contribution in [0.1, 0.15) is 42.6 Å². The molecule has 6 heteroatoms. The van der Waals surface area contributed by atoms with Gasteiger partial charge in [0.25, 0.3) is 5.91 Å². The van der Waals surface area contributed by atoms with Crippen molar-refractivity contribution >= 4 is 17.6 Å². The van der Waals surface area contributed by atoms with Crippen LogP contribution in [0.4, 0.5) is 14.5 Å². The van der Waals surface area contributed by atoms with Gasteiger partial charge in [0.1, 0.15) is 11.6 Å². The van der Waals surface area contributed by atoms with Crippen LogP contribution in [0, 0.1) is 11.6 Å². The summed E-state index contributed by atoms with van der Waals surface area (Å²) in [6.07, 6.45) is -1.14. The molecule has 0 heterocycles. The molecule has 4 nitrogen and oxygen atoms in total. The third-order valence-electron chi connectivity index (χ3n) is 3.65. The first-order chi connectivity index (χ1) is 11.8. The summed E-state index contributed by atoms with van der Waals surface area (Å²) < 4.78 is 31.4. The second kappa shape index (κ2) is 7.88. The van der Waals surface area contributed by atoms with Crippen molar-refractivity contribution in [1.29, 1.82) is 0 Å². The highest BCUT2D eigenvalue weighted by atomic mass is 19.1. The number of amides is 1. The van der Waals surface area contributed by atoms with Gasteiger partial charge < -0.3 is 10.1 Å². The number of ether oxygens (including phenoxy) is 1. The van der Waals surface area contributed by atoms with E-state index in [0.717, 1.165) is 17.7 Å². The van der Waals surface area contributed by atoms with Crippen LogP contribution in [0.25, 0.3) is 0 Å². The number of carbonyl (C=O) groups excluding carboxylic acids is 2. The van der Waals surface area contributed by atoms with Crippen LogP contribution in [0.3, 0.4) is 0 Å². The third kappa shape index (κ3) is 4.86. The predicted molar refractivity (Wildman–Crippen MR) is 90.4 cm³/mol. The Balaban J connectivity index is 1.98. The zero-order valence-electron chi connectivity index (χ0n) is 14.2. The van der Waals surface area contributed by atoms with E-state index in [1.807, 2.05) is 12.1 Å². The maximum atomic E-state index is 13.6. The molecule has 0 aromatic heterocycles. The summed E-state index contributed by atoms with van der Waals surface area (Å²) in [6.45, 7) is 5.49. The van der Waals surface area contributed by atoms with Gasteiger partial charge in [-0.05, 0) is 42.7 Å². The Morgan fingerprint density at radius 1 is 1.00 bits per heavy atom. The molecule has 0 spiro atoms. The molecule has 0 saturated carbocycles. The number of rotatable bonds is 5. The van der Waals surface area contributed by atoms with E-state index in [0.29, 0.717) is 17.7 Å². The molecule has 2 rings (SSSR count). The fourth-order valence-electron chi connectivity index (χ4n) is 2.13. The number of nitrogens with one attached hydrogen (secondary N) is 1. The molecule has 1 amide bonds. The summed E-state index contributed by atoms with van der Waals surface area (Å²) in [5.74, 6) is -3.05. The van der Waals surface area contributed by atoms with Crippen LogP contribution in [0.15, 0.2) is 42.5 Å². The second-order valence-electron chi connectivity index (χ2n) is 5.94. The van der Waals surface area contributed by atoms with Gasteiger partial charge in [0, 0.05) is 11.8 Å². The quantitative estimate of drug-likeness (QED) is 0.822. The Morgan fingerprint density at radius 2 is 1.64 bits per heavy atom. The highest BCUT2D eigenvalue weighted by Crippen LogP contribution is 2.18. The van der Waals surface area contributed by atoms with Gasteiger partial charge in [0.2, 0.25) is 0 Å². The Hall–Kier alpha value is -2.76. The lowest BCUT2D eigenvalue weighted by Crippen LogP contribution is -2.30. The lowest BCUT2D eigenvalue weighted by atomic mass is 10.0. The van der Waals surface area contributed by atoms with Gasteiger partial charge in [-0.25, -0.2) is 13.6 Å². The summed E-state index contributed by atoms with van der Waals surface area (Å²) in [4.78, 5) is 24.0. The first-order valence-electron chi connectivity index (χ1n) is 7.84. The molecule has 2 aromatic carbocycles. The van der Waals surface area contributed by atoms with Gasteiger partial charge in [-0.1, -0.05) is 26.0 Å². The van der Waals surface area contributed by atoms with Crippen molar-refractivity contribution in [2.75, 3.05) is 5.32 Å². The van der Waals surface area contributed by atoms with Gasteiger partial charge in [0.05, 0.1) is 5.56 Å². The number of esters is 1. The zero-order valence-corrected chi connectivity index (χ0v) is 14.2. The van der Waals surface area contributed by atoms with Crippen molar-refractivity contribution in [2.24, 2.45) is 0 Å². The van der Waals surface area contributed by atoms with E-state index in [4.69, 9.17) is 4.74 Å². The van der Waals surface area contributed by atoms with Crippen LogP contribution >= 0.6 is 0 Å². The normalized spacial score (nSPS) is 11.9. The molecule has 2 aromatic rings. The molecule has 0 aliphatic rings. The fraction of sp³-hybridized carbons (Fsp3) is 0.263. The molecule has 1 N–H and O–H groups in total. The number of halogens is 2. The largest absolute Gasteiger partial charge is 0.449 e. The van der Waals surface area contributed by atoms with Crippen molar-refractivity contribution in [3.8, 4) is 0 Å². The van der Waals surface area contributed by atoms with Crippen molar-refractivity contribution in [3.63, 3.8) is 0 Å². The molecule has 0 aliphatic carbocycles.